The number of pyridine rings is 1. The number of aromatic nitrogens is 1. The monoisotopic (exact) mass is 247 g/mol. The molecule has 1 heterocycles. The van der Waals surface area contributed by atoms with Gasteiger partial charge >= 0.3 is 0 Å². The second kappa shape index (κ2) is 4.99. The van der Waals surface area contributed by atoms with Gasteiger partial charge in [-0.25, -0.2) is 22.9 Å². The number of primary sulfonamides is 1. The van der Waals surface area contributed by atoms with E-state index < -0.39 is 21.7 Å². The second-order valence-electron chi connectivity index (χ2n) is 2.98. The summed E-state index contributed by atoms with van der Waals surface area (Å²) in [6.45, 7) is -0.114. The van der Waals surface area contributed by atoms with Crippen LogP contribution < -0.4 is 10.5 Å². The van der Waals surface area contributed by atoms with Crippen LogP contribution in [0.2, 0.25) is 0 Å². The van der Waals surface area contributed by atoms with Gasteiger partial charge in [0.15, 0.2) is 0 Å². The van der Waals surface area contributed by atoms with Crippen LogP contribution in [0.3, 0.4) is 0 Å². The van der Waals surface area contributed by atoms with E-state index in [4.69, 9.17) is 5.14 Å². The summed E-state index contributed by atoms with van der Waals surface area (Å²) in [5.41, 5.74) is 0.0100. The van der Waals surface area contributed by atoms with E-state index in [-0.39, 0.29) is 18.0 Å². The molecule has 0 unspecified atom stereocenters. The Morgan fingerprint density at radius 1 is 1.50 bits per heavy atom. The number of sulfonamides is 1. The van der Waals surface area contributed by atoms with Crippen molar-refractivity contribution in [1.29, 1.82) is 0 Å². The van der Waals surface area contributed by atoms with Gasteiger partial charge in [0.1, 0.15) is 11.5 Å². The van der Waals surface area contributed by atoms with Crippen LogP contribution in [-0.2, 0) is 10.0 Å². The Morgan fingerprint density at radius 2 is 2.19 bits per heavy atom. The number of halogens is 1. The topological polar surface area (TPSA) is 102 Å². The fourth-order valence-electron chi connectivity index (χ4n) is 0.908. The normalized spacial score (nSPS) is 11.1. The first-order valence-corrected chi connectivity index (χ1v) is 6.00. The standard InChI is InChI=1S/C8H10FN3O3S/c9-6-1-2-7(12-5-6)8(13)11-3-4-16(10,14)15/h1-2,5H,3-4H2,(H,11,13)(H2,10,14,15). The molecule has 0 saturated carbocycles. The minimum absolute atomic E-state index is 0.0100. The van der Waals surface area contributed by atoms with Crippen LogP contribution in [0.4, 0.5) is 4.39 Å². The lowest BCUT2D eigenvalue weighted by Crippen LogP contribution is -2.31. The Morgan fingerprint density at radius 3 is 2.69 bits per heavy atom. The minimum Gasteiger partial charge on any atom is -0.350 e. The molecule has 0 aliphatic carbocycles. The fraction of sp³-hybridized carbons (Fsp3) is 0.250. The summed E-state index contributed by atoms with van der Waals surface area (Å²) in [5, 5.41) is 7.03. The summed E-state index contributed by atoms with van der Waals surface area (Å²) in [4.78, 5) is 14.8. The maximum absolute atomic E-state index is 12.5. The van der Waals surface area contributed by atoms with Gasteiger partial charge in [0, 0.05) is 6.54 Å². The fourth-order valence-corrected chi connectivity index (χ4v) is 1.29. The summed E-state index contributed by atoms with van der Waals surface area (Å²) in [6, 6.07) is 2.28. The van der Waals surface area contributed by atoms with E-state index in [1.54, 1.807) is 0 Å². The molecule has 0 aliphatic rings. The van der Waals surface area contributed by atoms with Crippen LogP contribution >= 0.6 is 0 Å². The van der Waals surface area contributed by atoms with Crippen molar-refractivity contribution in [3.8, 4) is 0 Å². The number of rotatable bonds is 4. The summed E-state index contributed by atoms with van der Waals surface area (Å²) in [7, 11) is -3.60. The Balaban J connectivity index is 2.50. The first-order chi connectivity index (χ1) is 7.38. The first kappa shape index (κ1) is 12.5. The summed E-state index contributed by atoms with van der Waals surface area (Å²) >= 11 is 0. The van der Waals surface area contributed by atoms with Gasteiger partial charge in [-0.1, -0.05) is 0 Å². The molecule has 6 nitrogen and oxygen atoms in total. The Labute approximate surface area is 91.7 Å². The van der Waals surface area contributed by atoms with Crippen molar-refractivity contribution in [2.24, 2.45) is 5.14 Å². The molecule has 8 heteroatoms. The molecule has 3 N–H and O–H groups in total. The molecule has 0 aliphatic heterocycles. The first-order valence-electron chi connectivity index (χ1n) is 4.29. The lowest BCUT2D eigenvalue weighted by molar-refractivity contribution is 0.0951. The van der Waals surface area contributed by atoms with E-state index in [9.17, 15) is 17.6 Å². The number of nitrogens with zero attached hydrogens (tertiary/aromatic N) is 1. The highest BCUT2D eigenvalue weighted by molar-refractivity contribution is 7.89. The smallest absolute Gasteiger partial charge is 0.269 e. The van der Waals surface area contributed by atoms with Gasteiger partial charge < -0.3 is 5.32 Å². The van der Waals surface area contributed by atoms with Gasteiger partial charge in [0.2, 0.25) is 10.0 Å². The maximum atomic E-state index is 12.5. The molecule has 0 spiro atoms. The van der Waals surface area contributed by atoms with Crippen molar-refractivity contribution < 1.29 is 17.6 Å². The number of hydrogen-bond acceptors (Lipinski definition) is 4. The van der Waals surface area contributed by atoms with E-state index in [1.807, 2.05) is 0 Å². The van der Waals surface area contributed by atoms with E-state index in [0.29, 0.717) is 0 Å². The maximum Gasteiger partial charge on any atom is 0.269 e. The third kappa shape index (κ3) is 4.32. The SMILES string of the molecule is NS(=O)(=O)CCNC(=O)c1ccc(F)cn1. The number of nitrogens with two attached hydrogens (primary N) is 1. The molecule has 0 radical (unpaired) electrons. The zero-order valence-corrected chi connectivity index (χ0v) is 9.00. The molecule has 0 atom stereocenters. The average Bonchev–Trinajstić information content (AvgIpc) is 2.16. The van der Waals surface area contributed by atoms with Crippen LogP contribution in [0.1, 0.15) is 10.5 Å². The van der Waals surface area contributed by atoms with Crippen molar-refractivity contribution in [3.63, 3.8) is 0 Å². The van der Waals surface area contributed by atoms with Crippen molar-refractivity contribution in [1.82, 2.24) is 10.3 Å². The predicted molar refractivity (Wildman–Crippen MR) is 54.5 cm³/mol. The van der Waals surface area contributed by atoms with E-state index in [0.717, 1.165) is 12.3 Å². The highest BCUT2D eigenvalue weighted by Gasteiger charge is 2.08. The van der Waals surface area contributed by atoms with Gasteiger partial charge in [-0.15, -0.1) is 0 Å². The Hall–Kier alpha value is -1.54. The van der Waals surface area contributed by atoms with E-state index >= 15 is 0 Å². The largest absolute Gasteiger partial charge is 0.350 e. The van der Waals surface area contributed by atoms with E-state index in [1.165, 1.54) is 6.07 Å². The third-order valence-corrected chi connectivity index (χ3v) is 2.41. The van der Waals surface area contributed by atoms with Crippen LogP contribution in [0, 0.1) is 5.82 Å². The second-order valence-corrected chi connectivity index (χ2v) is 4.72. The summed E-state index contributed by atoms with van der Waals surface area (Å²) in [6.07, 6.45) is 0.897. The lowest BCUT2D eigenvalue weighted by atomic mass is 10.3. The van der Waals surface area contributed by atoms with Gasteiger partial charge in [-0.3, -0.25) is 4.79 Å². The molecule has 0 fully saturated rings. The number of carbonyl (C=O) groups is 1. The van der Waals surface area contributed by atoms with Crippen LogP contribution in [-0.4, -0.2) is 31.6 Å². The van der Waals surface area contributed by atoms with E-state index in [2.05, 4.69) is 10.3 Å². The predicted octanol–water partition coefficient (Wildman–Crippen LogP) is -0.761. The molecular formula is C8H10FN3O3S. The van der Waals surface area contributed by atoms with Gasteiger partial charge in [-0.2, -0.15) is 0 Å². The Bertz CT molecular complexity index is 472. The lowest BCUT2D eigenvalue weighted by Gasteiger charge is -2.03. The van der Waals surface area contributed by atoms with Crippen molar-refractivity contribution in [3.05, 3.63) is 29.8 Å². The van der Waals surface area contributed by atoms with Crippen LogP contribution in [0.15, 0.2) is 18.3 Å². The minimum atomic E-state index is -3.60. The molecule has 1 aromatic heterocycles. The number of carbonyl (C=O) groups excluding carboxylic acids is 1. The zero-order chi connectivity index (χ0) is 12.2. The van der Waals surface area contributed by atoms with Crippen molar-refractivity contribution >= 4 is 15.9 Å². The zero-order valence-electron chi connectivity index (χ0n) is 8.18. The van der Waals surface area contributed by atoms with Crippen molar-refractivity contribution in [2.75, 3.05) is 12.3 Å². The van der Waals surface area contributed by atoms with Gasteiger partial charge in [0.25, 0.3) is 5.91 Å². The number of amides is 1. The molecule has 1 aromatic rings. The number of hydrogen-bond donors (Lipinski definition) is 2. The molecule has 88 valence electrons. The quantitative estimate of drug-likeness (QED) is 0.730. The van der Waals surface area contributed by atoms with Crippen LogP contribution in [0.25, 0.3) is 0 Å². The highest BCUT2D eigenvalue weighted by atomic mass is 32.2. The summed E-state index contributed by atoms with van der Waals surface area (Å²) in [5.74, 6) is -1.50. The number of nitrogens with one attached hydrogen (secondary N) is 1. The molecular weight excluding hydrogens is 237 g/mol. The van der Waals surface area contributed by atoms with Crippen LogP contribution in [0.5, 0.6) is 0 Å². The summed E-state index contributed by atoms with van der Waals surface area (Å²) < 4.78 is 33.6. The molecule has 0 saturated heterocycles. The highest BCUT2D eigenvalue weighted by Crippen LogP contribution is 1.97. The van der Waals surface area contributed by atoms with Crippen molar-refractivity contribution in [2.45, 2.75) is 0 Å². The molecule has 16 heavy (non-hydrogen) atoms. The Kier molecular flexibility index (Phi) is 3.91. The van der Waals surface area contributed by atoms with Gasteiger partial charge in [-0.05, 0) is 12.1 Å². The molecule has 0 aromatic carbocycles. The third-order valence-electron chi connectivity index (χ3n) is 1.63. The van der Waals surface area contributed by atoms with Gasteiger partial charge in [0.05, 0.1) is 11.9 Å². The molecule has 1 rings (SSSR count). The molecule has 1 amide bonds. The average molecular weight is 247 g/mol. The molecule has 0 bridgehead atoms.